The average molecular weight is 559 g/mol. The molecule has 2 aliphatic heterocycles. The molecule has 0 radical (unpaired) electrons. The number of benzene rings is 2. The summed E-state index contributed by atoms with van der Waals surface area (Å²) in [5.74, 6) is 1.53. The summed E-state index contributed by atoms with van der Waals surface area (Å²) in [5.41, 5.74) is 1.29. The zero-order valence-corrected chi connectivity index (χ0v) is 22.2. The molecule has 2 saturated carbocycles. The highest BCUT2D eigenvalue weighted by molar-refractivity contribution is 7.99. The maximum atomic E-state index is 14.0. The first kappa shape index (κ1) is 25.1. The summed E-state index contributed by atoms with van der Waals surface area (Å²) in [6.45, 7) is 0.234. The van der Waals surface area contributed by atoms with Gasteiger partial charge in [0.1, 0.15) is 11.7 Å². The molecule has 9 nitrogen and oxygen atoms in total. The van der Waals surface area contributed by atoms with E-state index in [9.17, 15) is 26.6 Å². The molecule has 0 spiro atoms. The van der Waals surface area contributed by atoms with Crippen molar-refractivity contribution in [2.75, 3.05) is 16.3 Å². The van der Waals surface area contributed by atoms with Crippen molar-refractivity contribution < 1.29 is 26.6 Å². The fourth-order valence-electron chi connectivity index (χ4n) is 6.62. The van der Waals surface area contributed by atoms with Crippen LogP contribution in [-0.4, -0.2) is 53.2 Å². The van der Waals surface area contributed by atoms with Crippen LogP contribution in [0.5, 0.6) is 0 Å². The Morgan fingerprint density at radius 3 is 2.58 bits per heavy atom. The van der Waals surface area contributed by atoms with E-state index in [-0.39, 0.29) is 58.4 Å². The fourth-order valence-corrected chi connectivity index (χ4v) is 8.52. The van der Waals surface area contributed by atoms with E-state index >= 15 is 0 Å². The van der Waals surface area contributed by atoms with Crippen LogP contribution in [0.15, 0.2) is 51.8 Å². The SMILES string of the molecule is C=S1(=O)N=C(C2C(=O)[C@@H]3[C@H]4CC[C@H](C4)[C@@H]3N(Cc3ccc(F)cc3)C2=O)Nc2ccc(NS(C)(=O)=O)cc21. The smallest absolute Gasteiger partial charge is 0.241 e. The molecule has 2 unspecified atom stereocenters. The molecule has 0 aromatic heterocycles. The van der Waals surface area contributed by atoms with Gasteiger partial charge in [0.25, 0.3) is 0 Å². The molecule has 2 heterocycles. The van der Waals surface area contributed by atoms with E-state index in [0.29, 0.717) is 5.69 Å². The molecule has 200 valence electrons. The summed E-state index contributed by atoms with van der Waals surface area (Å²) in [6, 6.07) is 10.1. The van der Waals surface area contributed by atoms with Gasteiger partial charge in [-0.3, -0.25) is 14.3 Å². The molecular weight excluding hydrogens is 531 g/mol. The van der Waals surface area contributed by atoms with Crippen molar-refractivity contribution in [2.45, 2.75) is 36.7 Å². The van der Waals surface area contributed by atoms with Gasteiger partial charge in [-0.25, -0.2) is 17.0 Å². The van der Waals surface area contributed by atoms with Crippen LogP contribution in [0.25, 0.3) is 0 Å². The van der Waals surface area contributed by atoms with Gasteiger partial charge in [-0.1, -0.05) is 12.1 Å². The van der Waals surface area contributed by atoms with E-state index in [1.807, 2.05) is 0 Å². The van der Waals surface area contributed by atoms with Crippen LogP contribution in [0, 0.1) is 29.5 Å². The number of ketones is 1. The van der Waals surface area contributed by atoms with Gasteiger partial charge < -0.3 is 10.2 Å². The number of amidine groups is 1. The molecule has 3 fully saturated rings. The van der Waals surface area contributed by atoms with Crippen LogP contribution in [0.4, 0.5) is 15.8 Å². The number of sulfonamides is 1. The number of piperidine rings is 1. The number of rotatable bonds is 5. The van der Waals surface area contributed by atoms with Gasteiger partial charge in [0, 0.05) is 24.2 Å². The molecule has 2 aromatic carbocycles. The molecule has 1 amide bonds. The highest BCUT2D eigenvalue weighted by Gasteiger charge is 2.60. The molecule has 6 rings (SSSR count). The summed E-state index contributed by atoms with van der Waals surface area (Å²) < 4.78 is 57.0. The van der Waals surface area contributed by atoms with Crippen molar-refractivity contribution in [1.82, 2.24) is 4.90 Å². The highest BCUT2D eigenvalue weighted by atomic mass is 32.2. The van der Waals surface area contributed by atoms with Gasteiger partial charge in [-0.2, -0.15) is 4.40 Å². The third kappa shape index (κ3) is 4.19. The molecule has 2 N–H and O–H groups in total. The molecule has 2 aromatic rings. The lowest BCUT2D eigenvalue weighted by atomic mass is 9.73. The second-order valence-corrected chi connectivity index (χ2v) is 14.3. The Labute approximate surface area is 220 Å². The highest BCUT2D eigenvalue weighted by Crippen LogP contribution is 2.54. The molecule has 2 aliphatic carbocycles. The van der Waals surface area contributed by atoms with Gasteiger partial charge in [-0.05, 0) is 72.9 Å². The molecular formula is C26H27FN4O5S2. The first-order valence-electron chi connectivity index (χ1n) is 12.4. The number of nitrogens with zero attached hydrogens (tertiary/aromatic N) is 2. The summed E-state index contributed by atoms with van der Waals surface area (Å²) in [5, 5.41) is 3.02. The number of hydrogen-bond donors (Lipinski definition) is 2. The second-order valence-electron chi connectivity index (χ2n) is 10.6. The van der Waals surface area contributed by atoms with Crippen LogP contribution < -0.4 is 10.0 Å². The van der Waals surface area contributed by atoms with Crippen molar-refractivity contribution in [3.63, 3.8) is 0 Å². The lowest BCUT2D eigenvalue weighted by Crippen LogP contribution is -2.61. The Morgan fingerprint density at radius 2 is 1.87 bits per heavy atom. The number of halogens is 1. The largest absolute Gasteiger partial charge is 0.341 e. The predicted octanol–water partition coefficient (Wildman–Crippen LogP) is 2.65. The lowest BCUT2D eigenvalue weighted by Gasteiger charge is -2.46. The van der Waals surface area contributed by atoms with Crippen LogP contribution in [-0.2, 0) is 35.9 Å². The number of carbonyl (C=O) groups excluding carboxylic acids is 2. The van der Waals surface area contributed by atoms with Gasteiger partial charge in [0.05, 0.1) is 26.5 Å². The number of anilines is 2. The normalized spacial score (nSPS) is 31.9. The minimum atomic E-state index is -3.57. The Hall–Kier alpha value is -3.25. The monoisotopic (exact) mass is 558 g/mol. The van der Waals surface area contributed by atoms with Crippen molar-refractivity contribution in [2.24, 2.45) is 28.1 Å². The molecule has 1 saturated heterocycles. The number of likely N-dealkylation sites (tertiary alicyclic amines) is 1. The van der Waals surface area contributed by atoms with Gasteiger partial charge in [0.15, 0.2) is 11.7 Å². The fraction of sp³-hybridized carbons (Fsp3) is 0.385. The summed E-state index contributed by atoms with van der Waals surface area (Å²) >= 11 is 0. The number of hydrogen-bond acceptors (Lipinski definition) is 6. The zero-order valence-electron chi connectivity index (χ0n) is 20.6. The zero-order chi connectivity index (χ0) is 27.0. The molecule has 4 aliphatic rings. The van der Waals surface area contributed by atoms with Gasteiger partial charge in [0.2, 0.25) is 15.9 Å². The maximum absolute atomic E-state index is 14.0. The number of Topliss-reactive ketones (excluding diaryl/α,β-unsaturated/α-hetero) is 1. The van der Waals surface area contributed by atoms with Crippen molar-refractivity contribution >= 4 is 54.5 Å². The lowest BCUT2D eigenvalue weighted by molar-refractivity contribution is -0.153. The van der Waals surface area contributed by atoms with Crippen molar-refractivity contribution in [3.8, 4) is 0 Å². The van der Waals surface area contributed by atoms with E-state index in [1.54, 1.807) is 17.0 Å². The predicted molar refractivity (Wildman–Crippen MR) is 143 cm³/mol. The third-order valence-electron chi connectivity index (χ3n) is 8.05. The maximum Gasteiger partial charge on any atom is 0.241 e. The Bertz CT molecular complexity index is 1600. The minimum absolute atomic E-state index is 0.0124. The number of carbonyl (C=O) groups is 2. The number of nitrogens with one attached hydrogen (secondary N) is 2. The van der Waals surface area contributed by atoms with E-state index in [0.717, 1.165) is 31.1 Å². The quantitative estimate of drug-likeness (QED) is 0.430. The number of amides is 1. The first-order chi connectivity index (χ1) is 17.9. The molecule has 2 bridgehead atoms. The third-order valence-corrected chi connectivity index (χ3v) is 10.2. The Kier molecular flexibility index (Phi) is 5.69. The summed E-state index contributed by atoms with van der Waals surface area (Å²) in [7, 11) is -6.92. The van der Waals surface area contributed by atoms with E-state index in [1.165, 1.54) is 30.3 Å². The topological polar surface area (TPSA) is 125 Å². The molecule has 6 atom stereocenters. The van der Waals surface area contributed by atoms with Crippen LogP contribution in [0.1, 0.15) is 24.8 Å². The Balaban J connectivity index is 1.37. The second kappa shape index (κ2) is 8.63. The van der Waals surface area contributed by atoms with Crippen molar-refractivity contribution in [3.05, 3.63) is 53.8 Å². The first-order valence-corrected chi connectivity index (χ1v) is 15.9. The van der Waals surface area contributed by atoms with Crippen molar-refractivity contribution in [1.29, 1.82) is 0 Å². The minimum Gasteiger partial charge on any atom is -0.341 e. The average Bonchev–Trinajstić information content (AvgIpc) is 3.45. The Morgan fingerprint density at radius 1 is 1.16 bits per heavy atom. The van der Waals surface area contributed by atoms with Crippen LogP contribution >= 0.6 is 0 Å². The van der Waals surface area contributed by atoms with E-state index < -0.39 is 31.6 Å². The van der Waals surface area contributed by atoms with Crippen LogP contribution in [0.3, 0.4) is 0 Å². The van der Waals surface area contributed by atoms with Gasteiger partial charge >= 0.3 is 0 Å². The summed E-state index contributed by atoms with van der Waals surface area (Å²) in [6.07, 6.45) is 3.77. The van der Waals surface area contributed by atoms with E-state index in [2.05, 4.69) is 20.3 Å². The standard InChI is InChI=1S/C26H27FN4O5S2/c1-37(34)20-12-18(29-38(2,35)36)9-10-19(20)28-25(30-37)22-24(32)21-15-5-6-16(11-15)23(21)31(26(22)33)13-14-3-7-17(27)8-4-14/h3-4,7-10,12,15-16,21-23,29H,1,5-6,11,13H2,2H3,(H,28,30,34)/t15-,16+,21+,22?,23-,37?/m0/s1. The molecule has 12 heteroatoms. The number of fused-ring (bicyclic) bond motifs is 6. The summed E-state index contributed by atoms with van der Waals surface area (Å²) in [4.78, 5) is 29.8. The van der Waals surface area contributed by atoms with Crippen LogP contribution in [0.2, 0.25) is 0 Å². The van der Waals surface area contributed by atoms with E-state index in [4.69, 9.17) is 0 Å². The van der Waals surface area contributed by atoms with Gasteiger partial charge in [-0.15, -0.1) is 0 Å². The molecule has 38 heavy (non-hydrogen) atoms.